The summed E-state index contributed by atoms with van der Waals surface area (Å²) in [5.41, 5.74) is 2.43. The van der Waals surface area contributed by atoms with Gasteiger partial charge in [-0.15, -0.1) is 0 Å². The number of anilines is 1. The van der Waals surface area contributed by atoms with Crippen LogP contribution in [0.3, 0.4) is 0 Å². The van der Waals surface area contributed by atoms with Gasteiger partial charge in [-0.25, -0.2) is 0 Å². The molecule has 0 spiro atoms. The third-order valence-corrected chi connectivity index (χ3v) is 5.49. The second-order valence-electron chi connectivity index (χ2n) is 6.42. The van der Waals surface area contributed by atoms with Gasteiger partial charge in [-0.2, -0.15) is 11.8 Å². The van der Waals surface area contributed by atoms with Crippen molar-refractivity contribution >= 4 is 23.4 Å². The maximum absolute atomic E-state index is 12.0. The summed E-state index contributed by atoms with van der Waals surface area (Å²) < 4.78 is 0. The highest BCUT2D eigenvalue weighted by molar-refractivity contribution is 7.99. The van der Waals surface area contributed by atoms with Gasteiger partial charge in [-0.05, 0) is 37.9 Å². The fraction of sp³-hybridized carbons (Fsp3) is 0.611. The number of nitrogens with zero attached hydrogens (tertiary/aromatic N) is 2. The number of benzene rings is 1. The first-order valence-corrected chi connectivity index (χ1v) is 9.64. The van der Waals surface area contributed by atoms with Gasteiger partial charge in [-0.3, -0.25) is 4.79 Å². The summed E-state index contributed by atoms with van der Waals surface area (Å²) in [6.07, 6.45) is 2.61. The Morgan fingerprint density at radius 1 is 1.17 bits per heavy atom. The van der Waals surface area contributed by atoms with Crippen molar-refractivity contribution in [2.75, 3.05) is 44.4 Å². The largest absolute Gasteiger partial charge is 0.369 e. The van der Waals surface area contributed by atoms with E-state index in [1.54, 1.807) is 11.8 Å². The van der Waals surface area contributed by atoms with E-state index in [-0.39, 0.29) is 11.9 Å². The Hall–Kier alpha value is -1.20. The molecule has 128 valence electrons. The minimum Gasteiger partial charge on any atom is -0.369 e. The van der Waals surface area contributed by atoms with Gasteiger partial charge in [0.25, 0.3) is 0 Å². The summed E-state index contributed by atoms with van der Waals surface area (Å²) >= 11 is 1.72. The van der Waals surface area contributed by atoms with Gasteiger partial charge in [-0.1, -0.05) is 19.1 Å². The van der Waals surface area contributed by atoms with Crippen LogP contribution >= 0.6 is 11.8 Å². The quantitative estimate of drug-likeness (QED) is 0.867. The van der Waals surface area contributed by atoms with Crippen LogP contribution < -0.4 is 10.2 Å². The average molecular weight is 336 g/mol. The van der Waals surface area contributed by atoms with Crippen LogP contribution in [-0.2, 0) is 4.79 Å². The van der Waals surface area contributed by atoms with Crippen LogP contribution in [0.4, 0.5) is 5.69 Å². The average Bonchev–Trinajstić information content (AvgIpc) is 2.55. The van der Waals surface area contributed by atoms with Crippen molar-refractivity contribution in [3.05, 3.63) is 29.8 Å². The van der Waals surface area contributed by atoms with Crippen molar-refractivity contribution in [2.24, 2.45) is 0 Å². The Balaban J connectivity index is 1.89. The molecule has 1 fully saturated rings. The fourth-order valence-electron chi connectivity index (χ4n) is 2.77. The molecule has 23 heavy (non-hydrogen) atoms. The van der Waals surface area contributed by atoms with Crippen molar-refractivity contribution in [3.63, 3.8) is 0 Å². The van der Waals surface area contributed by atoms with Gasteiger partial charge < -0.3 is 15.1 Å². The van der Waals surface area contributed by atoms with Gasteiger partial charge in [0.1, 0.15) is 0 Å². The molecule has 4 nitrogen and oxygen atoms in total. The van der Waals surface area contributed by atoms with Gasteiger partial charge in [0.05, 0.1) is 6.04 Å². The van der Waals surface area contributed by atoms with Crippen molar-refractivity contribution < 1.29 is 4.79 Å². The zero-order chi connectivity index (χ0) is 16.8. The van der Waals surface area contributed by atoms with Crippen LogP contribution in [0.5, 0.6) is 0 Å². The SMILES string of the molecule is CS[C@@H](C)CC(=O)N[C@@H](C)c1ccc(N2CCN(C)CC2)cc1. The molecular formula is C18H29N3OS. The number of nitrogens with one attached hydrogen (secondary N) is 1. The number of amides is 1. The number of hydrogen-bond acceptors (Lipinski definition) is 4. The summed E-state index contributed by atoms with van der Waals surface area (Å²) in [7, 11) is 2.17. The lowest BCUT2D eigenvalue weighted by Crippen LogP contribution is -2.44. The summed E-state index contributed by atoms with van der Waals surface area (Å²) in [4.78, 5) is 16.8. The molecule has 0 unspecified atom stereocenters. The smallest absolute Gasteiger partial charge is 0.221 e. The van der Waals surface area contributed by atoms with E-state index < -0.39 is 0 Å². The first-order chi connectivity index (χ1) is 11.0. The maximum Gasteiger partial charge on any atom is 0.221 e. The van der Waals surface area contributed by atoms with Crippen LogP contribution in [0.2, 0.25) is 0 Å². The topological polar surface area (TPSA) is 35.6 Å². The zero-order valence-corrected chi connectivity index (χ0v) is 15.5. The third kappa shape index (κ3) is 5.43. The molecule has 1 heterocycles. The number of thioether (sulfide) groups is 1. The molecule has 1 aromatic rings. The van der Waals surface area contributed by atoms with Crippen molar-refractivity contribution in [1.82, 2.24) is 10.2 Å². The lowest BCUT2D eigenvalue weighted by atomic mass is 10.1. The molecule has 0 radical (unpaired) electrons. The van der Waals surface area contributed by atoms with E-state index in [0.717, 1.165) is 31.7 Å². The number of carbonyl (C=O) groups excluding carboxylic acids is 1. The predicted octanol–water partition coefficient (Wildman–Crippen LogP) is 2.76. The minimum absolute atomic E-state index is 0.0538. The monoisotopic (exact) mass is 335 g/mol. The Morgan fingerprint density at radius 3 is 2.35 bits per heavy atom. The molecule has 1 aromatic carbocycles. The number of piperazine rings is 1. The standard InChI is InChI=1S/C18H29N3OS/c1-14(23-4)13-18(22)19-15(2)16-5-7-17(8-6-16)21-11-9-20(3)10-12-21/h5-8,14-15H,9-13H2,1-4H3,(H,19,22)/t14-,15-/m0/s1. The number of likely N-dealkylation sites (N-methyl/N-ethyl adjacent to an activating group) is 1. The van der Waals surface area contributed by atoms with E-state index in [0.29, 0.717) is 11.7 Å². The molecule has 1 amide bonds. The zero-order valence-electron chi connectivity index (χ0n) is 14.7. The third-order valence-electron chi connectivity index (χ3n) is 4.51. The van der Waals surface area contributed by atoms with E-state index >= 15 is 0 Å². The normalized spacial score (nSPS) is 18.5. The highest BCUT2D eigenvalue weighted by atomic mass is 32.2. The Bertz CT molecular complexity index is 497. The van der Waals surface area contributed by atoms with Crippen molar-refractivity contribution in [2.45, 2.75) is 31.6 Å². The van der Waals surface area contributed by atoms with Crippen LogP contribution in [0.1, 0.15) is 31.9 Å². The lowest BCUT2D eigenvalue weighted by Gasteiger charge is -2.34. The summed E-state index contributed by atoms with van der Waals surface area (Å²) in [5.74, 6) is 0.127. The highest BCUT2D eigenvalue weighted by Gasteiger charge is 2.15. The summed E-state index contributed by atoms with van der Waals surface area (Å²) in [6, 6.07) is 8.67. The molecule has 2 atom stereocenters. The molecular weight excluding hydrogens is 306 g/mol. The van der Waals surface area contributed by atoms with Crippen LogP contribution in [-0.4, -0.2) is 55.5 Å². The number of rotatable bonds is 6. The second-order valence-corrected chi connectivity index (χ2v) is 7.70. The van der Waals surface area contributed by atoms with E-state index in [1.165, 1.54) is 5.69 Å². The fourth-order valence-corrected chi connectivity index (χ4v) is 3.08. The minimum atomic E-state index is 0.0538. The highest BCUT2D eigenvalue weighted by Crippen LogP contribution is 2.20. The van der Waals surface area contributed by atoms with E-state index in [4.69, 9.17) is 0 Å². The molecule has 1 N–H and O–H groups in total. The molecule has 0 aromatic heterocycles. The van der Waals surface area contributed by atoms with Crippen molar-refractivity contribution in [1.29, 1.82) is 0 Å². The van der Waals surface area contributed by atoms with Crippen LogP contribution in [0, 0.1) is 0 Å². The van der Waals surface area contributed by atoms with Gasteiger partial charge in [0.2, 0.25) is 5.91 Å². The van der Waals surface area contributed by atoms with Gasteiger partial charge in [0, 0.05) is 43.5 Å². The molecule has 1 aliphatic rings. The second kappa shape index (κ2) is 8.60. The predicted molar refractivity (Wildman–Crippen MR) is 100 cm³/mol. The van der Waals surface area contributed by atoms with E-state index in [9.17, 15) is 4.79 Å². The van der Waals surface area contributed by atoms with Gasteiger partial charge >= 0.3 is 0 Å². The Kier molecular flexibility index (Phi) is 6.78. The molecule has 0 saturated carbocycles. The molecule has 0 aliphatic carbocycles. The first kappa shape index (κ1) is 18.1. The maximum atomic E-state index is 12.0. The van der Waals surface area contributed by atoms with E-state index in [1.807, 2.05) is 13.2 Å². The molecule has 5 heteroatoms. The summed E-state index contributed by atoms with van der Waals surface area (Å²) in [6.45, 7) is 8.51. The Labute approximate surface area is 144 Å². The number of hydrogen-bond donors (Lipinski definition) is 1. The first-order valence-electron chi connectivity index (χ1n) is 8.35. The molecule has 1 saturated heterocycles. The van der Waals surface area contributed by atoms with Crippen molar-refractivity contribution in [3.8, 4) is 0 Å². The van der Waals surface area contributed by atoms with Gasteiger partial charge in [0.15, 0.2) is 0 Å². The summed E-state index contributed by atoms with van der Waals surface area (Å²) in [5, 5.41) is 3.46. The lowest BCUT2D eigenvalue weighted by molar-refractivity contribution is -0.121. The van der Waals surface area contributed by atoms with E-state index in [2.05, 4.69) is 53.4 Å². The molecule has 2 rings (SSSR count). The Morgan fingerprint density at radius 2 is 1.78 bits per heavy atom. The molecule has 0 bridgehead atoms. The van der Waals surface area contributed by atoms with Crippen LogP contribution in [0.25, 0.3) is 0 Å². The number of carbonyl (C=O) groups is 1. The van der Waals surface area contributed by atoms with Crippen LogP contribution in [0.15, 0.2) is 24.3 Å². The molecule has 1 aliphatic heterocycles.